The van der Waals surface area contributed by atoms with Crippen LogP contribution in [0.2, 0.25) is 0 Å². The molecule has 21 heavy (non-hydrogen) atoms. The normalized spacial score (nSPS) is 15.0. The van der Waals surface area contributed by atoms with E-state index < -0.39 is 6.29 Å². The molecule has 1 aliphatic rings. The van der Waals surface area contributed by atoms with E-state index in [4.69, 9.17) is 0 Å². The minimum atomic E-state index is -3.67. The zero-order valence-corrected chi connectivity index (χ0v) is 11.9. The summed E-state index contributed by atoms with van der Waals surface area (Å²) in [5.74, 6) is -0.526. The molecule has 1 N–H and O–H groups in total. The van der Waals surface area contributed by atoms with Gasteiger partial charge >= 0.3 is 6.29 Å². The van der Waals surface area contributed by atoms with E-state index in [2.05, 4.69) is 19.8 Å². The van der Waals surface area contributed by atoms with Gasteiger partial charge in [0.2, 0.25) is 0 Å². The van der Waals surface area contributed by atoms with Crippen LogP contribution >= 0.6 is 11.3 Å². The number of carbonyl (C=O) groups is 1. The average molecular weight is 312 g/mol. The monoisotopic (exact) mass is 312 g/mol. The maximum atomic E-state index is 12.9. The van der Waals surface area contributed by atoms with Crippen LogP contribution in [-0.4, -0.2) is 17.2 Å². The Hall–Kier alpha value is -2.22. The molecule has 1 aliphatic heterocycles. The molecule has 110 valence electrons. The quantitative estimate of drug-likeness (QED) is 0.924. The van der Waals surface area contributed by atoms with E-state index >= 15 is 0 Å². The van der Waals surface area contributed by atoms with Crippen molar-refractivity contribution in [3.63, 3.8) is 0 Å². The van der Waals surface area contributed by atoms with Crippen LogP contribution < -0.4 is 14.8 Å². The van der Waals surface area contributed by atoms with Gasteiger partial charge in [-0.1, -0.05) is 0 Å². The average Bonchev–Trinajstić information content (AvgIpc) is 2.86. The molecule has 0 radical (unpaired) electrons. The fourth-order valence-corrected chi connectivity index (χ4v) is 2.77. The van der Waals surface area contributed by atoms with Gasteiger partial charge in [0.25, 0.3) is 5.91 Å². The SMILES string of the molecule is Cc1nc(C)c(C(=O)Nc2ccc3c(c2)OC(F)(F)O3)s1. The zero-order valence-electron chi connectivity index (χ0n) is 11.1. The van der Waals surface area contributed by atoms with Gasteiger partial charge < -0.3 is 14.8 Å². The molecule has 3 rings (SSSR count). The highest BCUT2D eigenvalue weighted by molar-refractivity contribution is 7.13. The van der Waals surface area contributed by atoms with Crippen LogP contribution in [0.1, 0.15) is 20.4 Å². The number of amides is 1. The number of alkyl halides is 2. The molecule has 5 nitrogen and oxygen atoms in total. The molecule has 0 unspecified atom stereocenters. The number of fused-ring (bicyclic) bond motifs is 1. The Kier molecular flexibility index (Phi) is 3.05. The van der Waals surface area contributed by atoms with E-state index in [0.29, 0.717) is 16.3 Å². The number of nitrogens with zero attached hydrogens (tertiary/aromatic N) is 1. The highest BCUT2D eigenvalue weighted by atomic mass is 32.1. The maximum Gasteiger partial charge on any atom is 0.586 e. The molecule has 2 aromatic rings. The molecule has 0 fully saturated rings. The fraction of sp³-hybridized carbons (Fsp3) is 0.231. The van der Waals surface area contributed by atoms with Gasteiger partial charge in [-0.05, 0) is 26.0 Å². The molecule has 0 saturated carbocycles. The third-order valence-corrected chi connectivity index (χ3v) is 3.84. The van der Waals surface area contributed by atoms with Crippen LogP contribution in [0.25, 0.3) is 0 Å². The topological polar surface area (TPSA) is 60.5 Å². The van der Waals surface area contributed by atoms with Crippen LogP contribution in [0.5, 0.6) is 11.5 Å². The highest BCUT2D eigenvalue weighted by Crippen LogP contribution is 2.42. The lowest BCUT2D eigenvalue weighted by molar-refractivity contribution is -0.286. The van der Waals surface area contributed by atoms with Crippen molar-refractivity contribution in [1.82, 2.24) is 4.98 Å². The van der Waals surface area contributed by atoms with Crippen molar-refractivity contribution in [1.29, 1.82) is 0 Å². The van der Waals surface area contributed by atoms with E-state index in [1.165, 1.54) is 29.5 Å². The van der Waals surface area contributed by atoms with Crippen molar-refractivity contribution < 1.29 is 23.0 Å². The van der Waals surface area contributed by atoms with Crippen molar-refractivity contribution in [2.24, 2.45) is 0 Å². The van der Waals surface area contributed by atoms with Crippen LogP contribution in [0.15, 0.2) is 18.2 Å². The summed E-state index contributed by atoms with van der Waals surface area (Å²) < 4.78 is 34.4. The Balaban J connectivity index is 1.81. The van der Waals surface area contributed by atoms with Gasteiger partial charge in [-0.3, -0.25) is 4.79 Å². The Morgan fingerprint density at radius 2 is 2.00 bits per heavy atom. The standard InChI is InChI=1S/C13H10F2N2O3S/c1-6-11(21-7(2)16-6)12(18)17-8-3-4-9-10(5-8)20-13(14,15)19-9/h3-5H,1-2H3,(H,17,18). The Labute approximate surface area is 122 Å². The first-order chi connectivity index (χ1) is 9.84. The number of halogens is 2. The van der Waals surface area contributed by atoms with Crippen LogP contribution in [0.4, 0.5) is 14.5 Å². The van der Waals surface area contributed by atoms with Gasteiger partial charge in [-0.25, -0.2) is 4.98 Å². The van der Waals surface area contributed by atoms with Gasteiger partial charge in [0, 0.05) is 11.8 Å². The zero-order chi connectivity index (χ0) is 15.2. The number of carbonyl (C=O) groups excluding carboxylic acids is 1. The molecule has 1 aromatic heterocycles. The molecule has 1 aromatic carbocycles. The maximum absolute atomic E-state index is 12.9. The predicted molar refractivity (Wildman–Crippen MR) is 72.2 cm³/mol. The first-order valence-corrected chi connectivity index (χ1v) is 6.81. The number of ether oxygens (including phenoxy) is 2. The number of anilines is 1. The second-order valence-electron chi connectivity index (χ2n) is 4.43. The summed E-state index contributed by atoms with van der Waals surface area (Å²) in [6.45, 7) is 3.54. The second-order valence-corrected chi connectivity index (χ2v) is 5.63. The number of hydrogen-bond donors (Lipinski definition) is 1. The first kappa shape index (κ1) is 13.7. The second kappa shape index (κ2) is 4.66. The summed E-state index contributed by atoms with van der Waals surface area (Å²) in [5, 5.41) is 3.40. The largest absolute Gasteiger partial charge is 0.586 e. The summed E-state index contributed by atoms with van der Waals surface area (Å²) in [6, 6.07) is 4.07. The third-order valence-electron chi connectivity index (χ3n) is 2.77. The minimum absolute atomic E-state index is 0.0668. The van der Waals surface area contributed by atoms with Gasteiger partial charge in [-0.15, -0.1) is 20.1 Å². The van der Waals surface area contributed by atoms with E-state index in [1.54, 1.807) is 13.8 Å². The summed E-state index contributed by atoms with van der Waals surface area (Å²) in [6.07, 6.45) is -3.67. The van der Waals surface area contributed by atoms with Gasteiger partial charge in [0.05, 0.1) is 10.7 Å². The fourth-order valence-electron chi connectivity index (χ4n) is 1.96. The first-order valence-electron chi connectivity index (χ1n) is 5.99. The van der Waals surface area contributed by atoms with Crippen LogP contribution in [-0.2, 0) is 0 Å². The molecule has 0 saturated heterocycles. The van der Waals surface area contributed by atoms with Crippen molar-refractivity contribution >= 4 is 22.9 Å². The molecule has 0 spiro atoms. The summed E-state index contributed by atoms with van der Waals surface area (Å²) in [7, 11) is 0. The number of hydrogen-bond acceptors (Lipinski definition) is 5. The van der Waals surface area contributed by atoms with E-state index in [9.17, 15) is 13.6 Å². The third kappa shape index (κ3) is 2.66. The van der Waals surface area contributed by atoms with Crippen LogP contribution in [0.3, 0.4) is 0 Å². The van der Waals surface area contributed by atoms with Crippen molar-refractivity contribution in [3.8, 4) is 11.5 Å². The minimum Gasteiger partial charge on any atom is -0.395 e. The summed E-state index contributed by atoms with van der Waals surface area (Å²) >= 11 is 1.27. The van der Waals surface area contributed by atoms with E-state index in [-0.39, 0.29) is 17.4 Å². The lowest BCUT2D eigenvalue weighted by Crippen LogP contribution is -2.25. The Morgan fingerprint density at radius 1 is 1.29 bits per heavy atom. The number of nitrogens with one attached hydrogen (secondary N) is 1. The van der Waals surface area contributed by atoms with Crippen molar-refractivity contribution in [2.45, 2.75) is 20.1 Å². The van der Waals surface area contributed by atoms with Gasteiger partial charge in [0.15, 0.2) is 11.5 Å². The van der Waals surface area contributed by atoms with Crippen LogP contribution in [0, 0.1) is 13.8 Å². The molecule has 0 aliphatic carbocycles. The Morgan fingerprint density at radius 3 is 2.67 bits per heavy atom. The molecule has 0 atom stereocenters. The number of rotatable bonds is 2. The number of thiazole rings is 1. The number of benzene rings is 1. The molecule has 1 amide bonds. The molecule has 2 heterocycles. The smallest absolute Gasteiger partial charge is 0.395 e. The molecule has 8 heteroatoms. The van der Waals surface area contributed by atoms with Gasteiger partial charge in [0.1, 0.15) is 4.88 Å². The summed E-state index contributed by atoms with van der Waals surface area (Å²) in [4.78, 5) is 16.8. The Bertz CT molecular complexity index is 730. The number of aromatic nitrogens is 1. The van der Waals surface area contributed by atoms with Crippen molar-refractivity contribution in [3.05, 3.63) is 33.8 Å². The number of aryl methyl sites for hydroxylation is 2. The molecule has 0 bridgehead atoms. The molecular weight excluding hydrogens is 302 g/mol. The van der Waals surface area contributed by atoms with E-state index in [1.807, 2.05) is 0 Å². The predicted octanol–water partition coefficient (Wildman–Crippen LogP) is 3.33. The molecular formula is C13H10F2N2O3S. The van der Waals surface area contributed by atoms with E-state index in [0.717, 1.165) is 5.01 Å². The lowest BCUT2D eigenvalue weighted by atomic mass is 10.2. The summed E-state index contributed by atoms with van der Waals surface area (Å²) in [5.41, 5.74) is 0.966. The lowest BCUT2D eigenvalue weighted by Gasteiger charge is -2.05. The van der Waals surface area contributed by atoms with Gasteiger partial charge in [-0.2, -0.15) is 0 Å². The van der Waals surface area contributed by atoms with Crippen molar-refractivity contribution in [2.75, 3.05) is 5.32 Å². The highest BCUT2D eigenvalue weighted by Gasteiger charge is 2.43.